The van der Waals surface area contributed by atoms with Crippen LogP contribution in [-0.2, 0) is 11.2 Å². The molecule has 2 aromatic rings. The molecule has 1 unspecified atom stereocenters. The van der Waals surface area contributed by atoms with Crippen LogP contribution in [0.4, 0.5) is 5.82 Å². The zero-order chi connectivity index (χ0) is 11.1. The number of hydrogen-bond donors (Lipinski definition) is 1. The quantitative estimate of drug-likeness (QED) is 0.728. The molecule has 0 bridgehead atoms. The van der Waals surface area contributed by atoms with Gasteiger partial charge in [-0.2, -0.15) is 0 Å². The number of nitrogens with one attached hydrogen (secondary N) is 1. The van der Waals surface area contributed by atoms with E-state index >= 15 is 0 Å². The molecule has 1 N–H and O–H groups in total. The third kappa shape index (κ3) is 1.28. The van der Waals surface area contributed by atoms with Crippen molar-refractivity contribution >= 4 is 22.5 Å². The van der Waals surface area contributed by atoms with Crippen LogP contribution in [0.3, 0.4) is 0 Å². The molecule has 1 aliphatic rings. The lowest BCUT2D eigenvalue weighted by molar-refractivity contribution is -0.119. The molecule has 3 rings (SSSR count). The van der Waals surface area contributed by atoms with Crippen LogP contribution in [0.1, 0.15) is 12.5 Å². The fraction of sp³-hybridized carbons (Fsp3) is 0.231. The Labute approximate surface area is 93.5 Å². The first-order valence-corrected chi connectivity index (χ1v) is 5.43. The second kappa shape index (κ2) is 3.30. The fourth-order valence-electron chi connectivity index (χ4n) is 2.18. The van der Waals surface area contributed by atoms with Crippen LogP contribution in [0.15, 0.2) is 30.5 Å². The lowest BCUT2D eigenvalue weighted by Gasteiger charge is -2.22. The number of hydrogen-bond acceptors (Lipinski definition) is 2. The van der Waals surface area contributed by atoms with Crippen molar-refractivity contribution in [2.75, 3.05) is 5.32 Å². The van der Waals surface area contributed by atoms with E-state index in [1.807, 2.05) is 31.3 Å². The third-order valence-corrected chi connectivity index (χ3v) is 3.10. The van der Waals surface area contributed by atoms with Gasteiger partial charge in [0, 0.05) is 23.1 Å². The van der Waals surface area contributed by atoms with Crippen LogP contribution in [-0.4, -0.2) is 10.9 Å². The molecule has 1 aliphatic heterocycles. The van der Waals surface area contributed by atoms with Crippen LogP contribution in [0, 0.1) is 5.92 Å². The second-order valence-corrected chi connectivity index (χ2v) is 4.27. The number of rotatable bonds is 0. The zero-order valence-electron chi connectivity index (χ0n) is 9.03. The van der Waals surface area contributed by atoms with Crippen LogP contribution < -0.4 is 5.32 Å². The van der Waals surface area contributed by atoms with Crippen LogP contribution in [0.25, 0.3) is 10.8 Å². The number of fused-ring (bicyclic) bond motifs is 3. The van der Waals surface area contributed by atoms with Crippen molar-refractivity contribution in [2.45, 2.75) is 13.3 Å². The van der Waals surface area contributed by atoms with Gasteiger partial charge in [0.2, 0.25) is 5.91 Å². The summed E-state index contributed by atoms with van der Waals surface area (Å²) in [5, 5.41) is 5.17. The van der Waals surface area contributed by atoms with Crippen molar-refractivity contribution in [2.24, 2.45) is 5.92 Å². The number of amides is 1. The zero-order valence-corrected chi connectivity index (χ0v) is 9.03. The molecule has 80 valence electrons. The van der Waals surface area contributed by atoms with Gasteiger partial charge in [0.15, 0.2) is 0 Å². The highest BCUT2D eigenvalue weighted by atomic mass is 16.2. The number of nitrogens with zero attached hydrogens (tertiary/aromatic N) is 1. The summed E-state index contributed by atoms with van der Waals surface area (Å²) in [5.74, 6) is 0.817. The van der Waals surface area contributed by atoms with Crippen molar-refractivity contribution in [3.63, 3.8) is 0 Å². The van der Waals surface area contributed by atoms with Crippen molar-refractivity contribution < 1.29 is 4.79 Å². The van der Waals surface area contributed by atoms with E-state index in [2.05, 4.69) is 16.4 Å². The van der Waals surface area contributed by atoms with Crippen molar-refractivity contribution in [1.82, 2.24) is 4.98 Å². The third-order valence-electron chi connectivity index (χ3n) is 3.10. The molecule has 0 spiro atoms. The molecule has 0 saturated heterocycles. The lowest BCUT2D eigenvalue weighted by Crippen LogP contribution is -2.28. The van der Waals surface area contributed by atoms with E-state index in [0.29, 0.717) is 0 Å². The Kier molecular flexibility index (Phi) is 1.93. The van der Waals surface area contributed by atoms with Gasteiger partial charge >= 0.3 is 0 Å². The molecule has 0 saturated carbocycles. The Hall–Kier alpha value is -1.90. The number of anilines is 1. The van der Waals surface area contributed by atoms with Gasteiger partial charge in [-0.25, -0.2) is 4.98 Å². The summed E-state index contributed by atoms with van der Waals surface area (Å²) in [7, 11) is 0. The molecule has 1 aromatic heterocycles. The maximum Gasteiger partial charge on any atom is 0.228 e. The highest BCUT2D eigenvalue weighted by Gasteiger charge is 2.24. The summed E-state index contributed by atoms with van der Waals surface area (Å²) in [5.41, 5.74) is 1.16. The first-order valence-electron chi connectivity index (χ1n) is 5.43. The molecule has 0 aliphatic carbocycles. The first kappa shape index (κ1) is 9.33. The van der Waals surface area contributed by atoms with Gasteiger partial charge in [-0.1, -0.05) is 31.2 Å². The Bertz CT molecular complexity index is 577. The van der Waals surface area contributed by atoms with Crippen LogP contribution in [0.5, 0.6) is 0 Å². The fourth-order valence-corrected chi connectivity index (χ4v) is 2.18. The van der Waals surface area contributed by atoms with Crippen molar-refractivity contribution in [3.8, 4) is 0 Å². The summed E-state index contributed by atoms with van der Waals surface area (Å²) < 4.78 is 0. The molecular formula is C13H12N2O. The van der Waals surface area contributed by atoms with Gasteiger partial charge in [-0.3, -0.25) is 4.79 Å². The minimum atomic E-state index is 0.0279. The van der Waals surface area contributed by atoms with Gasteiger partial charge in [0.25, 0.3) is 0 Å². The van der Waals surface area contributed by atoms with E-state index in [-0.39, 0.29) is 11.8 Å². The second-order valence-electron chi connectivity index (χ2n) is 4.27. The summed E-state index contributed by atoms with van der Waals surface area (Å²) >= 11 is 0. The molecular weight excluding hydrogens is 200 g/mol. The summed E-state index contributed by atoms with van der Waals surface area (Å²) in [6.07, 6.45) is 2.58. The van der Waals surface area contributed by atoms with Crippen molar-refractivity contribution in [1.29, 1.82) is 0 Å². The molecule has 3 heteroatoms. The van der Waals surface area contributed by atoms with Crippen molar-refractivity contribution in [3.05, 3.63) is 36.0 Å². The SMILES string of the molecule is CC1Cc2c(ncc3ccccc23)NC1=O. The summed E-state index contributed by atoms with van der Waals surface area (Å²) in [6.45, 7) is 1.94. The number of pyridine rings is 1. The van der Waals surface area contributed by atoms with E-state index in [9.17, 15) is 4.79 Å². The molecule has 0 fully saturated rings. The number of benzene rings is 1. The van der Waals surface area contributed by atoms with Crippen LogP contribution in [0.2, 0.25) is 0 Å². The summed E-state index contributed by atoms with van der Waals surface area (Å²) in [6, 6.07) is 8.15. The highest BCUT2D eigenvalue weighted by molar-refractivity contribution is 5.99. The monoisotopic (exact) mass is 212 g/mol. The first-order chi connectivity index (χ1) is 7.75. The van der Waals surface area contributed by atoms with E-state index in [4.69, 9.17) is 0 Å². The predicted molar refractivity (Wildman–Crippen MR) is 63.2 cm³/mol. The van der Waals surface area contributed by atoms with E-state index < -0.39 is 0 Å². The van der Waals surface area contributed by atoms with Gasteiger partial charge in [-0.15, -0.1) is 0 Å². The van der Waals surface area contributed by atoms with Gasteiger partial charge in [0.05, 0.1) is 0 Å². The topological polar surface area (TPSA) is 42.0 Å². The molecule has 1 atom stereocenters. The Balaban J connectivity index is 2.27. The smallest absolute Gasteiger partial charge is 0.228 e. The van der Waals surface area contributed by atoms with Crippen LogP contribution >= 0.6 is 0 Å². The minimum absolute atomic E-state index is 0.0279. The maximum atomic E-state index is 11.5. The Morgan fingerprint density at radius 1 is 1.38 bits per heavy atom. The largest absolute Gasteiger partial charge is 0.310 e. The standard InChI is InChI=1S/C13H12N2O/c1-8-6-11-10-5-3-2-4-9(10)7-14-12(11)15-13(8)16/h2-5,7-8H,6H2,1H3,(H,14,15,16). The average Bonchev–Trinajstić information content (AvgIpc) is 2.31. The number of carbonyl (C=O) groups excluding carboxylic acids is 1. The van der Waals surface area contributed by atoms with Gasteiger partial charge in [0.1, 0.15) is 5.82 Å². The molecule has 16 heavy (non-hydrogen) atoms. The molecule has 1 amide bonds. The normalized spacial score (nSPS) is 19.3. The Morgan fingerprint density at radius 2 is 2.19 bits per heavy atom. The maximum absolute atomic E-state index is 11.5. The number of aromatic nitrogens is 1. The van der Waals surface area contributed by atoms with Gasteiger partial charge in [-0.05, 0) is 11.8 Å². The number of carbonyl (C=O) groups is 1. The van der Waals surface area contributed by atoms with E-state index in [1.165, 1.54) is 5.39 Å². The van der Waals surface area contributed by atoms with Gasteiger partial charge < -0.3 is 5.32 Å². The highest BCUT2D eigenvalue weighted by Crippen LogP contribution is 2.29. The predicted octanol–water partition coefficient (Wildman–Crippen LogP) is 2.37. The average molecular weight is 212 g/mol. The van der Waals surface area contributed by atoms with E-state index in [0.717, 1.165) is 23.2 Å². The molecule has 2 heterocycles. The lowest BCUT2D eigenvalue weighted by atomic mass is 9.93. The Morgan fingerprint density at radius 3 is 3.06 bits per heavy atom. The summed E-state index contributed by atoms with van der Waals surface area (Å²) in [4.78, 5) is 15.8. The molecule has 1 aromatic carbocycles. The van der Waals surface area contributed by atoms with E-state index in [1.54, 1.807) is 0 Å². The molecule has 3 nitrogen and oxygen atoms in total. The molecule has 0 radical (unpaired) electrons. The minimum Gasteiger partial charge on any atom is -0.310 e.